The fourth-order valence-corrected chi connectivity index (χ4v) is 9.04. The lowest BCUT2D eigenvalue weighted by atomic mass is 9.94. The molecule has 1 fully saturated rings. The Hall–Kier alpha value is -7.26. The van der Waals surface area contributed by atoms with Crippen LogP contribution >= 0.6 is 0 Å². The summed E-state index contributed by atoms with van der Waals surface area (Å²) in [6, 6.07) is -5.99. The van der Waals surface area contributed by atoms with E-state index in [-0.39, 0.29) is 25.2 Å². The number of cyclic esters (lactones) is 1. The minimum atomic E-state index is -1.80. The Labute approximate surface area is 498 Å². The molecule has 0 spiro atoms. The van der Waals surface area contributed by atoms with Gasteiger partial charge in [0, 0.05) is 6.42 Å². The first-order chi connectivity index (χ1) is 40.0. The number of likely N-dealkylation sites (N-methyl/N-ethyl adjacent to an activating group) is 1. The second-order valence-electron chi connectivity index (χ2n) is 22.6. The fourth-order valence-electron chi connectivity index (χ4n) is 9.04. The van der Waals surface area contributed by atoms with Crippen LogP contribution in [0.15, 0.2) is 30.3 Å². The zero-order chi connectivity index (χ0) is 64.4. The van der Waals surface area contributed by atoms with Gasteiger partial charge < -0.3 is 79.2 Å². The van der Waals surface area contributed by atoms with E-state index in [1.54, 1.807) is 62.4 Å². The van der Waals surface area contributed by atoms with Crippen molar-refractivity contribution in [1.29, 1.82) is 0 Å². The van der Waals surface area contributed by atoms with Crippen molar-refractivity contribution in [2.75, 3.05) is 20.3 Å². The first-order valence-corrected chi connectivity index (χ1v) is 29.5. The van der Waals surface area contributed by atoms with E-state index in [1.165, 1.54) is 13.8 Å². The largest absolute Gasteiger partial charge is 0.458 e. The zero-order valence-corrected chi connectivity index (χ0v) is 51.6. The van der Waals surface area contributed by atoms with Crippen LogP contribution in [-0.2, 0) is 68.7 Å². The number of amides is 11. The van der Waals surface area contributed by atoms with E-state index >= 15 is 0 Å². The number of nitrogens with one attached hydrogen (secondary N) is 11. The van der Waals surface area contributed by atoms with E-state index in [1.807, 2.05) is 44.2 Å². The van der Waals surface area contributed by atoms with E-state index in [0.717, 1.165) is 5.56 Å². The van der Waals surface area contributed by atoms with Gasteiger partial charge in [0.1, 0.15) is 66.5 Å². The molecule has 0 radical (unpaired) electrons. The summed E-state index contributed by atoms with van der Waals surface area (Å²) in [6.45, 7) is 17.9. The Morgan fingerprint density at radius 3 is 1.49 bits per heavy atom. The topological polar surface area (TPSA) is 413 Å². The number of rotatable bonds is 32. The summed E-state index contributed by atoms with van der Waals surface area (Å²) >= 11 is 0. The van der Waals surface area contributed by atoms with Gasteiger partial charge in [-0.15, -0.1) is 0 Å². The van der Waals surface area contributed by atoms with Gasteiger partial charge in [-0.05, 0) is 75.3 Å². The number of carbonyl (C=O) groups excluding carboxylic acids is 12. The minimum absolute atomic E-state index is 0.0702. The maximum atomic E-state index is 14.4. The second-order valence-corrected chi connectivity index (χ2v) is 22.6. The SMILES string of the molecule is CC[C@@H](C)[C@@H](NC(=O)[C@@H](CCC(N)=O)NC(=O)[C@H](CO)NC(=O)[C@@H](NC(=O)[C@@H](Cc1ccccc1)NC)[C@@H](C)CC)C(=O)N[C@H](C(=O)N[C@@H](CO)C(=O)N[C@H]1C(=O)N[C@@H](C)C(=O)N[C@@H](CC(C)C)C(=O)N[C@@H]([C@@H](C)CC)C(=O)O[C@H]1C)[C@@H](C)CC. The lowest BCUT2D eigenvalue weighted by Crippen LogP contribution is -2.63. The van der Waals surface area contributed by atoms with Crippen LogP contribution in [0.3, 0.4) is 0 Å². The van der Waals surface area contributed by atoms with Gasteiger partial charge in [0.15, 0.2) is 0 Å². The first-order valence-electron chi connectivity index (χ1n) is 29.5. The Kier molecular flexibility index (Phi) is 31.8. The van der Waals surface area contributed by atoms with Crippen molar-refractivity contribution < 1.29 is 72.5 Å². The van der Waals surface area contributed by atoms with Crippen LogP contribution in [0.2, 0.25) is 0 Å². The number of aliphatic hydroxyl groups is 2. The summed E-state index contributed by atoms with van der Waals surface area (Å²) in [4.78, 5) is 165. The quantitative estimate of drug-likeness (QED) is 0.0351. The molecule has 0 aliphatic carbocycles. The highest BCUT2D eigenvalue weighted by Crippen LogP contribution is 2.18. The predicted octanol–water partition coefficient (Wildman–Crippen LogP) is -1.89. The van der Waals surface area contributed by atoms with Gasteiger partial charge in [0.05, 0.1) is 19.3 Å². The van der Waals surface area contributed by atoms with Crippen LogP contribution < -0.4 is 64.2 Å². The van der Waals surface area contributed by atoms with Gasteiger partial charge >= 0.3 is 5.97 Å². The first kappa shape index (κ1) is 73.8. The van der Waals surface area contributed by atoms with Crippen molar-refractivity contribution in [2.24, 2.45) is 35.3 Å². The van der Waals surface area contributed by atoms with Crippen LogP contribution in [-0.4, -0.2) is 174 Å². The Morgan fingerprint density at radius 1 is 0.576 bits per heavy atom. The maximum absolute atomic E-state index is 14.4. The number of benzene rings is 1. The molecule has 1 aliphatic rings. The summed E-state index contributed by atoms with van der Waals surface area (Å²) in [5.41, 5.74) is 6.31. The summed E-state index contributed by atoms with van der Waals surface area (Å²) in [7, 11) is 1.60. The Bertz CT molecular complexity index is 2430. The average molecular weight is 1200 g/mol. The number of ether oxygens (including phenoxy) is 1. The lowest BCUT2D eigenvalue weighted by Gasteiger charge is -2.31. The molecule has 1 aliphatic heterocycles. The number of aliphatic hydroxyl groups excluding tert-OH is 2. The van der Waals surface area contributed by atoms with Crippen molar-refractivity contribution in [3.8, 4) is 0 Å². The van der Waals surface area contributed by atoms with E-state index < -0.39 is 193 Å². The highest BCUT2D eigenvalue weighted by Gasteiger charge is 2.41. The van der Waals surface area contributed by atoms with Gasteiger partial charge in [-0.1, -0.05) is 125 Å². The summed E-state index contributed by atoms with van der Waals surface area (Å²) in [6.07, 6.45) is -0.438. The number of hydrogen-bond donors (Lipinski definition) is 14. The van der Waals surface area contributed by atoms with Gasteiger partial charge in [-0.25, -0.2) is 4.79 Å². The van der Waals surface area contributed by atoms with Gasteiger partial charge in [-0.2, -0.15) is 0 Å². The molecule has 0 aromatic heterocycles. The molecule has 1 saturated heterocycles. The third-order valence-electron chi connectivity index (χ3n) is 15.5. The maximum Gasteiger partial charge on any atom is 0.329 e. The molecule has 16 atom stereocenters. The van der Waals surface area contributed by atoms with E-state index in [9.17, 15) is 67.7 Å². The van der Waals surface area contributed by atoms with Crippen molar-refractivity contribution in [2.45, 2.75) is 207 Å². The second kappa shape index (κ2) is 36.6. The third kappa shape index (κ3) is 23.3. The molecule has 2 rings (SSSR count). The molecule has 15 N–H and O–H groups in total. The number of esters is 1. The van der Waals surface area contributed by atoms with Gasteiger partial charge in [0.25, 0.3) is 0 Å². The standard InChI is InChI=1S/C58H96N12O15/c1-14-30(7)43(67-50(76)38(60-13)26-36-21-19-18-20-22-36)54(80)64-40(27-71)52(78)62-37(23-24-42(59)73)49(75)66-45(32(9)16-3)56(82)68-44(31(8)15-2)55(81)65-41(28-72)53(79)70-47-35(12)85-58(84)46(33(10)17-4)69-51(77)39(25-29(5)6)63-48(74)34(11)61-57(47)83/h18-22,29-35,37-41,43-47,60,71-72H,14-17,23-28H2,1-13H3,(H2,59,73)(H,61,83)(H,62,78)(H,63,74)(H,64,80)(H,65,81)(H,66,75)(H,67,76)(H,68,82)(H,69,77)(H,70,79)/t30-,31-,32+,33-,34-,35-,37+,38+,39-,40-,41-,43-,44-,45+,46-,47+/m0/s1. The molecule has 11 amide bonds. The Balaban J connectivity index is 2.40. The normalized spacial score (nSPS) is 21.5. The van der Waals surface area contributed by atoms with Gasteiger partial charge in [0.2, 0.25) is 65.0 Å². The number of carbonyl (C=O) groups is 12. The zero-order valence-electron chi connectivity index (χ0n) is 51.6. The molecule has 1 aromatic carbocycles. The lowest BCUT2D eigenvalue weighted by molar-refractivity contribution is -0.157. The minimum Gasteiger partial charge on any atom is -0.458 e. The molecule has 0 saturated carbocycles. The average Bonchev–Trinajstić information content (AvgIpc) is 3.84. The molecular weight excluding hydrogens is 1100 g/mol. The van der Waals surface area contributed by atoms with Crippen molar-refractivity contribution in [3.63, 3.8) is 0 Å². The molecule has 85 heavy (non-hydrogen) atoms. The summed E-state index contributed by atoms with van der Waals surface area (Å²) in [5, 5.41) is 49.4. The molecule has 27 nitrogen and oxygen atoms in total. The van der Waals surface area contributed by atoms with E-state index in [2.05, 4.69) is 58.5 Å². The molecule has 478 valence electrons. The molecule has 1 heterocycles. The number of hydrogen-bond acceptors (Lipinski definition) is 16. The van der Waals surface area contributed by atoms with Crippen LogP contribution in [0, 0.1) is 29.6 Å². The fraction of sp³-hybridized carbons (Fsp3) is 0.690. The van der Waals surface area contributed by atoms with Gasteiger partial charge in [-0.3, -0.25) is 52.7 Å². The molecule has 27 heteroatoms. The van der Waals surface area contributed by atoms with E-state index in [4.69, 9.17) is 10.5 Å². The monoisotopic (exact) mass is 1200 g/mol. The van der Waals surface area contributed by atoms with Crippen molar-refractivity contribution >= 4 is 70.9 Å². The van der Waals surface area contributed by atoms with Crippen molar-refractivity contribution in [1.82, 2.24) is 58.5 Å². The summed E-state index contributed by atoms with van der Waals surface area (Å²) < 4.78 is 5.71. The summed E-state index contributed by atoms with van der Waals surface area (Å²) in [5.74, 6) is -12.9. The predicted molar refractivity (Wildman–Crippen MR) is 313 cm³/mol. The number of nitrogens with two attached hydrogens (primary N) is 1. The third-order valence-corrected chi connectivity index (χ3v) is 15.5. The van der Waals surface area contributed by atoms with E-state index in [0.29, 0.717) is 19.3 Å². The van der Waals surface area contributed by atoms with Crippen LogP contribution in [0.5, 0.6) is 0 Å². The smallest absolute Gasteiger partial charge is 0.329 e. The van der Waals surface area contributed by atoms with Crippen LogP contribution in [0.25, 0.3) is 0 Å². The van der Waals surface area contributed by atoms with Crippen LogP contribution in [0.1, 0.15) is 134 Å². The van der Waals surface area contributed by atoms with Crippen LogP contribution in [0.4, 0.5) is 0 Å². The number of primary amides is 1. The van der Waals surface area contributed by atoms with Crippen molar-refractivity contribution in [3.05, 3.63) is 35.9 Å². The molecule has 0 unspecified atom stereocenters. The molecular formula is C58H96N12O15. The highest BCUT2D eigenvalue weighted by atomic mass is 16.5. The molecule has 1 aromatic rings. The molecule has 0 bridgehead atoms. The highest BCUT2D eigenvalue weighted by molar-refractivity contribution is 5.99. The Morgan fingerprint density at radius 2 is 1.04 bits per heavy atom.